The standard InChI is InChI=1S/C42H26N2S/c1-4-13-37-31(10-1)34-23-27(16-19-38(34)43-37)28-17-20-40-35(24-28)32-11-2-5-14-39(32)44(40)30-9-7-8-26(22-30)29-18-21-42-36(25-29)33-12-3-6-15-41(33)45-42/h1-25,43H. The molecule has 0 saturated heterocycles. The highest BCUT2D eigenvalue weighted by Gasteiger charge is 2.15. The number of aromatic amines is 1. The van der Waals surface area contributed by atoms with Crippen molar-refractivity contribution in [1.82, 2.24) is 9.55 Å². The Morgan fingerprint density at radius 3 is 1.91 bits per heavy atom. The Bertz CT molecular complexity index is 2770. The highest BCUT2D eigenvalue weighted by Crippen LogP contribution is 2.39. The van der Waals surface area contributed by atoms with Crippen LogP contribution in [0.25, 0.3) is 91.7 Å². The fraction of sp³-hybridized carbons (Fsp3) is 0. The fourth-order valence-corrected chi connectivity index (χ4v) is 8.27. The molecule has 7 aromatic carbocycles. The third kappa shape index (κ3) is 3.75. The summed E-state index contributed by atoms with van der Waals surface area (Å²) in [6, 6.07) is 55.6. The molecule has 1 N–H and O–H groups in total. The van der Waals surface area contributed by atoms with E-state index >= 15 is 0 Å². The van der Waals surface area contributed by atoms with Gasteiger partial charge in [-0.15, -0.1) is 11.3 Å². The first-order chi connectivity index (χ1) is 22.3. The maximum Gasteiger partial charge on any atom is 0.0541 e. The predicted octanol–water partition coefficient (Wildman–Crippen LogP) is 12.1. The molecule has 0 aliphatic heterocycles. The molecule has 3 heteroatoms. The van der Waals surface area contributed by atoms with Gasteiger partial charge in [-0.25, -0.2) is 0 Å². The number of nitrogens with one attached hydrogen (secondary N) is 1. The fourth-order valence-electron chi connectivity index (χ4n) is 7.19. The van der Waals surface area contributed by atoms with Gasteiger partial charge in [0.15, 0.2) is 0 Å². The number of aromatic nitrogens is 2. The summed E-state index contributed by atoms with van der Waals surface area (Å²) in [6.45, 7) is 0. The molecule has 3 aromatic heterocycles. The first kappa shape index (κ1) is 24.8. The van der Waals surface area contributed by atoms with Crippen LogP contribution in [0.3, 0.4) is 0 Å². The molecule has 0 atom stereocenters. The van der Waals surface area contributed by atoms with Gasteiger partial charge < -0.3 is 9.55 Å². The summed E-state index contributed by atoms with van der Waals surface area (Å²) in [4.78, 5) is 3.56. The number of hydrogen-bond acceptors (Lipinski definition) is 1. The van der Waals surface area contributed by atoms with Crippen molar-refractivity contribution in [2.75, 3.05) is 0 Å². The maximum absolute atomic E-state index is 3.56. The van der Waals surface area contributed by atoms with Crippen molar-refractivity contribution in [2.45, 2.75) is 0 Å². The van der Waals surface area contributed by atoms with E-state index in [2.05, 4.69) is 161 Å². The third-order valence-electron chi connectivity index (χ3n) is 9.33. The Morgan fingerprint density at radius 2 is 1.00 bits per heavy atom. The van der Waals surface area contributed by atoms with E-state index in [1.165, 1.54) is 91.7 Å². The number of benzene rings is 7. The minimum absolute atomic E-state index is 1.17. The van der Waals surface area contributed by atoms with Crippen molar-refractivity contribution >= 4 is 75.1 Å². The van der Waals surface area contributed by atoms with E-state index in [1.807, 2.05) is 11.3 Å². The lowest BCUT2D eigenvalue weighted by atomic mass is 10.0. The number of nitrogens with zero attached hydrogens (tertiary/aromatic N) is 1. The first-order valence-corrected chi connectivity index (χ1v) is 16.2. The Balaban J connectivity index is 1.13. The summed E-state index contributed by atoms with van der Waals surface area (Å²) < 4.78 is 5.09. The Morgan fingerprint density at radius 1 is 0.378 bits per heavy atom. The second-order valence-electron chi connectivity index (χ2n) is 11.9. The Hall–Kier alpha value is -5.64. The van der Waals surface area contributed by atoms with Crippen LogP contribution in [0, 0.1) is 0 Å². The van der Waals surface area contributed by atoms with E-state index < -0.39 is 0 Å². The van der Waals surface area contributed by atoms with E-state index in [0.29, 0.717) is 0 Å². The SMILES string of the molecule is c1cc(-c2ccc3sc4ccccc4c3c2)cc(-n2c3ccccc3c3cc(-c4ccc5[nH]c6ccccc6c5c4)ccc32)c1. The Labute approximate surface area is 263 Å². The van der Waals surface area contributed by atoms with E-state index in [4.69, 9.17) is 0 Å². The van der Waals surface area contributed by atoms with Crippen molar-refractivity contribution in [3.63, 3.8) is 0 Å². The molecular weight excluding hydrogens is 565 g/mol. The molecule has 3 heterocycles. The molecule has 0 fully saturated rings. The van der Waals surface area contributed by atoms with Crippen LogP contribution in [-0.2, 0) is 0 Å². The molecule has 0 aliphatic rings. The number of H-pyrrole nitrogens is 1. The molecule has 10 rings (SSSR count). The van der Waals surface area contributed by atoms with Crippen LogP contribution >= 0.6 is 11.3 Å². The zero-order valence-corrected chi connectivity index (χ0v) is 25.1. The molecule has 10 aromatic rings. The maximum atomic E-state index is 3.56. The summed E-state index contributed by atoms with van der Waals surface area (Å²) >= 11 is 1.86. The lowest BCUT2D eigenvalue weighted by molar-refractivity contribution is 1.18. The number of thiophene rings is 1. The minimum Gasteiger partial charge on any atom is -0.355 e. The molecule has 210 valence electrons. The smallest absolute Gasteiger partial charge is 0.0541 e. The second kappa shape index (κ2) is 9.43. The molecule has 0 amide bonds. The van der Waals surface area contributed by atoms with Crippen LogP contribution < -0.4 is 0 Å². The van der Waals surface area contributed by atoms with Crippen molar-refractivity contribution in [3.8, 4) is 27.9 Å². The summed E-state index contributed by atoms with van der Waals surface area (Å²) in [5.74, 6) is 0. The number of para-hydroxylation sites is 2. The van der Waals surface area contributed by atoms with Gasteiger partial charge in [-0.3, -0.25) is 0 Å². The van der Waals surface area contributed by atoms with Crippen LogP contribution in [0.4, 0.5) is 0 Å². The summed E-state index contributed by atoms with van der Waals surface area (Å²) in [5.41, 5.74) is 10.9. The summed E-state index contributed by atoms with van der Waals surface area (Å²) in [5, 5.41) is 7.71. The molecule has 0 unspecified atom stereocenters. The summed E-state index contributed by atoms with van der Waals surface area (Å²) in [6.07, 6.45) is 0. The van der Waals surface area contributed by atoms with Gasteiger partial charge in [-0.05, 0) is 89.0 Å². The zero-order chi connectivity index (χ0) is 29.5. The molecule has 0 spiro atoms. The van der Waals surface area contributed by atoms with Gasteiger partial charge in [0, 0.05) is 58.4 Å². The summed E-state index contributed by atoms with van der Waals surface area (Å²) in [7, 11) is 0. The van der Waals surface area contributed by atoms with Crippen LogP contribution in [-0.4, -0.2) is 9.55 Å². The second-order valence-corrected chi connectivity index (χ2v) is 13.0. The van der Waals surface area contributed by atoms with Crippen LogP contribution in [0.2, 0.25) is 0 Å². The molecule has 0 bridgehead atoms. The molecule has 0 saturated carbocycles. The number of rotatable bonds is 3. The van der Waals surface area contributed by atoms with Crippen molar-refractivity contribution in [1.29, 1.82) is 0 Å². The molecular formula is C42H26N2S. The van der Waals surface area contributed by atoms with Gasteiger partial charge in [0.1, 0.15) is 0 Å². The average molecular weight is 591 g/mol. The normalized spacial score (nSPS) is 12.0. The molecule has 45 heavy (non-hydrogen) atoms. The highest BCUT2D eigenvalue weighted by atomic mass is 32.1. The van der Waals surface area contributed by atoms with Gasteiger partial charge in [-0.1, -0.05) is 84.9 Å². The van der Waals surface area contributed by atoms with E-state index in [1.54, 1.807) is 0 Å². The van der Waals surface area contributed by atoms with Crippen molar-refractivity contribution < 1.29 is 0 Å². The van der Waals surface area contributed by atoms with Crippen molar-refractivity contribution in [3.05, 3.63) is 152 Å². The van der Waals surface area contributed by atoms with Crippen molar-refractivity contribution in [2.24, 2.45) is 0 Å². The lowest BCUT2D eigenvalue weighted by Gasteiger charge is -2.11. The van der Waals surface area contributed by atoms with Gasteiger partial charge in [0.05, 0.1) is 11.0 Å². The average Bonchev–Trinajstić information content (AvgIpc) is 3.77. The van der Waals surface area contributed by atoms with E-state index in [0.717, 1.165) is 0 Å². The number of hydrogen-bond donors (Lipinski definition) is 1. The van der Waals surface area contributed by atoms with Crippen LogP contribution in [0.1, 0.15) is 0 Å². The van der Waals surface area contributed by atoms with Gasteiger partial charge >= 0.3 is 0 Å². The predicted molar refractivity (Wildman–Crippen MR) is 194 cm³/mol. The third-order valence-corrected chi connectivity index (χ3v) is 10.5. The topological polar surface area (TPSA) is 20.7 Å². The largest absolute Gasteiger partial charge is 0.355 e. The Kier molecular flexibility index (Phi) is 5.19. The zero-order valence-electron chi connectivity index (χ0n) is 24.3. The first-order valence-electron chi connectivity index (χ1n) is 15.3. The molecule has 2 nitrogen and oxygen atoms in total. The van der Waals surface area contributed by atoms with Gasteiger partial charge in [0.25, 0.3) is 0 Å². The van der Waals surface area contributed by atoms with E-state index in [9.17, 15) is 0 Å². The van der Waals surface area contributed by atoms with Gasteiger partial charge in [0.2, 0.25) is 0 Å². The minimum atomic E-state index is 1.17. The number of fused-ring (bicyclic) bond motifs is 9. The van der Waals surface area contributed by atoms with Crippen LogP contribution in [0.15, 0.2) is 152 Å². The van der Waals surface area contributed by atoms with Gasteiger partial charge in [-0.2, -0.15) is 0 Å². The van der Waals surface area contributed by atoms with E-state index in [-0.39, 0.29) is 0 Å². The van der Waals surface area contributed by atoms with Crippen LogP contribution in [0.5, 0.6) is 0 Å². The lowest BCUT2D eigenvalue weighted by Crippen LogP contribution is -1.94. The monoisotopic (exact) mass is 590 g/mol. The molecule has 0 radical (unpaired) electrons. The molecule has 0 aliphatic carbocycles. The highest BCUT2D eigenvalue weighted by molar-refractivity contribution is 7.25. The quantitative estimate of drug-likeness (QED) is 0.211.